The van der Waals surface area contributed by atoms with Gasteiger partial charge in [0.05, 0.1) is 12.1 Å². The zero-order chi connectivity index (χ0) is 17.2. The van der Waals surface area contributed by atoms with Gasteiger partial charge in [-0.3, -0.25) is 9.59 Å². The summed E-state index contributed by atoms with van der Waals surface area (Å²) in [6.45, 7) is 2.79. The highest BCUT2D eigenvalue weighted by atomic mass is 32.2. The monoisotopic (exact) mass is 345 g/mol. The average Bonchev–Trinajstić information content (AvgIpc) is 2.57. The predicted molar refractivity (Wildman–Crippen MR) is 97.1 cm³/mol. The topological polar surface area (TPSA) is 74.8 Å². The molecule has 1 heterocycles. The van der Waals surface area contributed by atoms with Gasteiger partial charge in [-0.1, -0.05) is 61.9 Å². The molecular formula is C18H23N3O2S. The van der Waals surface area contributed by atoms with Crippen molar-refractivity contribution in [1.82, 2.24) is 15.3 Å². The fraction of sp³-hybridized carbons (Fsp3) is 0.389. The highest BCUT2D eigenvalue weighted by Crippen LogP contribution is 2.18. The van der Waals surface area contributed by atoms with Gasteiger partial charge in [-0.15, -0.1) is 0 Å². The first-order valence-corrected chi connectivity index (χ1v) is 9.19. The van der Waals surface area contributed by atoms with Crippen molar-refractivity contribution in [3.8, 4) is 0 Å². The van der Waals surface area contributed by atoms with Gasteiger partial charge < -0.3 is 10.3 Å². The van der Waals surface area contributed by atoms with Gasteiger partial charge in [0.25, 0.3) is 5.56 Å². The fourth-order valence-electron chi connectivity index (χ4n) is 2.20. The van der Waals surface area contributed by atoms with Gasteiger partial charge in [-0.2, -0.15) is 0 Å². The van der Waals surface area contributed by atoms with Crippen LogP contribution in [0.3, 0.4) is 0 Å². The Morgan fingerprint density at radius 2 is 2.04 bits per heavy atom. The number of carbonyl (C=O) groups excluding carboxylic acids is 1. The molecule has 2 rings (SSSR count). The van der Waals surface area contributed by atoms with Gasteiger partial charge in [0, 0.05) is 18.4 Å². The summed E-state index contributed by atoms with van der Waals surface area (Å²) < 4.78 is 0. The lowest BCUT2D eigenvalue weighted by Gasteiger charge is -2.06. The number of hydrogen-bond donors (Lipinski definition) is 2. The first kappa shape index (κ1) is 18.3. The molecule has 6 heteroatoms. The molecule has 0 saturated heterocycles. The molecular weight excluding hydrogens is 322 g/mol. The molecule has 128 valence electrons. The van der Waals surface area contributed by atoms with Crippen LogP contribution in [0.5, 0.6) is 0 Å². The Bertz CT molecular complexity index is 701. The summed E-state index contributed by atoms with van der Waals surface area (Å²) in [5, 5.41) is 3.41. The number of aromatic amines is 1. The van der Waals surface area contributed by atoms with Crippen LogP contribution in [0.15, 0.2) is 46.3 Å². The largest absolute Gasteiger partial charge is 0.356 e. The second kappa shape index (κ2) is 9.93. The molecule has 5 nitrogen and oxygen atoms in total. The molecule has 0 aliphatic heterocycles. The lowest BCUT2D eigenvalue weighted by molar-refractivity contribution is -0.120. The molecule has 0 unspecified atom stereocenters. The minimum absolute atomic E-state index is 0.0942. The van der Waals surface area contributed by atoms with Crippen molar-refractivity contribution in [3.05, 3.63) is 58.0 Å². The number of thioether (sulfide) groups is 1. The normalized spacial score (nSPS) is 10.5. The molecule has 0 fully saturated rings. The zero-order valence-electron chi connectivity index (χ0n) is 13.9. The number of benzene rings is 1. The van der Waals surface area contributed by atoms with E-state index in [2.05, 4.69) is 22.2 Å². The summed E-state index contributed by atoms with van der Waals surface area (Å²) in [5.74, 6) is 0.624. The molecule has 2 N–H and O–H groups in total. The zero-order valence-corrected chi connectivity index (χ0v) is 14.7. The van der Waals surface area contributed by atoms with Crippen LogP contribution in [0, 0.1) is 0 Å². The van der Waals surface area contributed by atoms with Gasteiger partial charge in [0.15, 0.2) is 5.16 Å². The molecule has 0 saturated carbocycles. The standard InChI is InChI=1S/C18H23N3O2S/c1-2-3-7-10-19-16(22)11-15-12-17(23)21-18(20-15)24-13-14-8-5-4-6-9-14/h4-6,8-9,12H,2-3,7,10-11,13H2,1H3,(H,19,22)(H,20,21,23). The Labute approximate surface area is 146 Å². The maximum Gasteiger partial charge on any atom is 0.251 e. The van der Waals surface area contributed by atoms with Crippen LogP contribution in [-0.4, -0.2) is 22.4 Å². The van der Waals surface area contributed by atoms with Crippen LogP contribution in [0.2, 0.25) is 0 Å². The van der Waals surface area contributed by atoms with Gasteiger partial charge >= 0.3 is 0 Å². The maximum atomic E-state index is 11.9. The second-order valence-electron chi connectivity index (χ2n) is 5.55. The summed E-state index contributed by atoms with van der Waals surface area (Å²) >= 11 is 1.46. The Morgan fingerprint density at radius 3 is 2.79 bits per heavy atom. The van der Waals surface area contributed by atoms with Crippen molar-refractivity contribution in [2.45, 2.75) is 43.5 Å². The Kier molecular flexibility index (Phi) is 7.55. The number of nitrogens with zero attached hydrogens (tertiary/aromatic N) is 1. The third-order valence-electron chi connectivity index (χ3n) is 3.44. The Morgan fingerprint density at radius 1 is 1.25 bits per heavy atom. The number of hydrogen-bond acceptors (Lipinski definition) is 4. The van der Waals surface area contributed by atoms with E-state index in [1.54, 1.807) is 0 Å². The molecule has 0 bridgehead atoms. The van der Waals surface area contributed by atoms with E-state index in [0.29, 0.717) is 17.4 Å². The van der Waals surface area contributed by atoms with Crippen LogP contribution in [0.25, 0.3) is 0 Å². The van der Waals surface area contributed by atoms with Gasteiger partial charge in [0.2, 0.25) is 5.91 Å². The van der Waals surface area contributed by atoms with Gasteiger partial charge in [0.1, 0.15) is 0 Å². The van der Waals surface area contributed by atoms with Crippen molar-refractivity contribution in [3.63, 3.8) is 0 Å². The number of H-pyrrole nitrogens is 1. The molecule has 24 heavy (non-hydrogen) atoms. The van der Waals surface area contributed by atoms with Gasteiger partial charge in [-0.25, -0.2) is 4.98 Å². The molecule has 0 aliphatic rings. The molecule has 2 aromatic rings. The van der Waals surface area contributed by atoms with Crippen LogP contribution in [-0.2, 0) is 17.0 Å². The summed E-state index contributed by atoms with van der Waals surface area (Å²) in [6.07, 6.45) is 3.33. The highest BCUT2D eigenvalue weighted by molar-refractivity contribution is 7.98. The van der Waals surface area contributed by atoms with Crippen LogP contribution >= 0.6 is 11.8 Å². The van der Waals surface area contributed by atoms with E-state index in [4.69, 9.17) is 0 Å². The first-order valence-electron chi connectivity index (χ1n) is 8.21. The summed E-state index contributed by atoms with van der Waals surface area (Å²) in [6, 6.07) is 11.4. The fourth-order valence-corrected chi connectivity index (χ4v) is 3.05. The van der Waals surface area contributed by atoms with E-state index in [1.165, 1.54) is 17.8 Å². The molecule has 1 amide bonds. The summed E-state index contributed by atoms with van der Waals surface area (Å²) in [7, 11) is 0. The smallest absolute Gasteiger partial charge is 0.251 e. The van der Waals surface area contributed by atoms with E-state index in [9.17, 15) is 9.59 Å². The Hall–Kier alpha value is -2.08. The summed E-state index contributed by atoms with van der Waals surface area (Å²) in [5.41, 5.74) is 1.43. The van der Waals surface area contributed by atoms with Crippen LogP contribution in [0.4, 0.5) is 0 Å². The van der Waals surface area contributed by atoms with Crippen LogP contribution in [0.1, 0.15) is 37.4 Å². The van der Waals surface area contributed by atoms with Crippen molar-refractivity contribution in [2.75, 3.05) is 6.54 Å². The first-order chi connectivity index (χ1) is 11.7. The van der Waals surface area contributed by atoms with Crippen molar-refractivity contribution >= 4 is 17.7 Å². The number of carbonyl (C=O) groups is 1. The molecule has 0 spiro atoms. The van der Waals surface area contributed by atoms with E-state index in [0.717, 1.165) is 30.6 Å². The lowest BCUT2D eigenvalue weighted by Crippen LogP contribution is -2.27. The third kappa shape index (κ3) is 6.58. The van der Waals surface area contributed by atoms with E-state index < -0.39 is 0 Å². The minimum atomic E-state index is -0.227. The van der Waals surface area contributed by atoms with Crippen molar-refractivity contribution < 1.29 is 4.79 Å². The van der Waals surface area contributed by atoms with Gasteiger partial charge in [-0.05, 0) is 12.0 Å². The lowest BCUT2D eigenvalue weighted by atomic mass is 10.2. The van der Waals surface area contributed by atoms with E-state index in [-0.39, 0.29) is 17.9 Å². The highest BCUT2D eigenvalue weighted by Gasteiger charge is 2.08. The summed E-state index contributed by atoms with van der Waals surface area (Å²) in [4.78, 5) is 30.8. The van der Waals surface area contributed by atoms with E-state index >= 15 is 0 Å². The molecule has 1 aromatic heterocycles. The number of amides is 1. The minimum Gasteiger partial charge on any atom is -0.356 e. The molecule has 0 radical (unpaired) electrons. The maximum absolute atomic E-state index is 11.9. The third-order valence-corrected chi connectivity index (χ3v) is 4.38. The van der Waals surface area contributed by atoms with Crippen LogP contribution < -0.4 is 10.9 Å². The van der Waals surface area contributed by atoms with Crippen molar-refractivity contribution in [2.24, 2.45) is 0 Å². The predicted octanol–water partition coefficient (Wildman–Crippen LogP) is 2.91. The SMILES string of the molecule is CCCCCNC(=O)Cc1cc(=O)[nH]c(SCc2ccccc2)n1. The second-order valence-corrected chi connectivity index (χ2v) is 6.51. The quantitative estimate of drug-likeness (QED) is 0.416. The number of aromatic nitrogens is 2. The molecule has 0 atom stereocenters. The molecule has 0 aliphatic carbocycles. The number of nitrogens with one attached hydrogen (secondary N) is 2. The Balaban J connectivity index is 1.90. The average molecular weight is 345 g/mol. The van der Waals surface area contributed by atoms with Crippen molar-refractivity contribution in [1.29, 1.82) is 0 Å². The number of rotatable bonds is 9. The molecule has 1 aromatic carbocycles. The number of unbranched alkanes of at least 4 members (excludes halogenated alkanes) is 2. The van der Waals surface area contributed by atoms with E-state index in [1.807, 2.05) is 30.3 Å².